The molecule has 5 heteroatoms. The molecular weight excluding hydrogens is 482 g/mol. The van der Waals surface area contributed by atoms with Crippen LogP contribution < -0.4 is 0 Å². The minimum atomic E-state index is -0.0841. The molecule has 0 unspecified atom stereocenters. The van der Waals surface area contributed by atoms with E-state index < -0.39 is 0 Å². The minimum absolute atomic E-state index is 0.0308. The molecule has 0 bridgehead atoms. The highest BCUT2D eigenvalue weighted by Gasteiger charge is 2.22. The van der Waals surface area contributed by atoms with Crippen LogP contribution in [0, 0.1) is 6.92 Å². The molecule has 4 rings (SSSR count). The zero-order valence-electron chi connectivity index (χ0n) is 23.6. The van der Waals surface area contributed by atoms with Crippen molar-refractivity contribution in [1.82, 2.24) is 14.8 Å². The summed E-state index contributed by atoms with van der Waals surface area (Å²) in [5.41, 5.74) is 6.45. The summed E-state index contributed by atoms with van der Waals surface area (Å²) >= 11 is 0. The van der Waals surface area contributed by atoms with Crippen LogP contribution in [0.2, 0.25) is 0 Å². The summed E-state index contributed by atoms with van der Waals surface area (Å²) in [7, 11) is 0. The minimum Gasteiger partial charge on any atom is -0.361 e. The van der Waals surface area contributed by atoms with Crippen molar-refractivity contribution in [1.29, 1.82) is 0 Å². The predicted octanol–water partition coefficient (Wildman–Crippen LogP) is 6.94. The van der Waals surface area contributed by atoms with Gasteiger partial charge in [0.1, 0.15) is 6.54 Å². The van der Waals surface area contributed by atoms with E-state index in [1.54, 1.807) is 4.90 Å². The van der Waals surface area contributed by atoms with E-state index in [1.807, 2.05) is 54.4 Å². The Morgan fingerprint density at radius 1 is 0.769 bits per heavy atom. The van der Waals surface area contributed by atoms with Gasteiger partial charge in [0.05, 0.1) is 0 Å². The summed E-state index contributed by atoms with van der Waals surface area (Å²) < 4.78 is 0. The van der Waals surface area contributed by atoms with Crippen LogP contribution >= 0.6 is 0 Å². The zero-order chi connectivity index (χ0) is 27.6. The third-order valence-electron chi connectivity index (χ3n) is 7.30. The number of aryl methyl sites for hydroxylation is 2. The average molecular weight is 524 g/mol. The van der Waals surface area contributed by atoms with E-state index in [0.717, 1.165) is 43.2 Å². The number of nitrogens with zero attached hydrogens (tertiary/aromatic N) is 2. The number of aromatic nitrogens is 1. The number of rotatable bonds is 13. The maximum absolute atomic E-state index is 13.8. The fourth-order valence-electron chi connectivity index (χ4n) is 4.96. The summed E-state index contributed by atoms with van der Waals surface area (Å²) in [5.74, 6) is -0.115. The van der Waals surface area contributed by atoms with Gasteiger partial charge in [0, 0.05) is 42.3 Å². The van der Waals surface area contributed by atoms with Crippen molar-refractivity contribution in [3.8, 4) is 0 Å². The molecule has 2 amide bonds. The molecule has 1 N–H and O–H groups in total. The number of aromatic amines is 1. The second kappa shape index (κ2) is 13.8. The molecule has 0 atom stereocenters. The molecule has 0 spiro atoms. The molecule has 1 heterocycles. The van der Waals surface area contributed by atoms with Gasteiger partial charge < -0.3 is 14.8 Å². The molecule has 0 aliphatic heterocycles. The number of fused-ring (bicyclic) bond motifs is 1. The topological polar surface area (TPSA) is 56.4 Å². The number of carbonyl (C=O) groups is 2. The highest BCUT2D eigenvalue weighted by molar-refractivity contribution is 5.96. The number of nitrogens with one attached hydrogen (secondary N) is 1. The lowest BCUT2D eigenvalue weighted by molar-refractivity contribution is -0.132. The summed E-state index contributed by atoms with van der Waals surface area (Å²) in [5, 5.41) is 1.19. The highest BCUT2D eigenvalue weighted by atomic mass is 16.2. The Bertz CT molecular complexity index is 1360. The van der Waals surface area contributed by atoms with Crippen molar-refractivity contribution in [2.45, 2.75) is 59.4 Å². The lowest BCUT2D eigenvalue weighted by Gasteiger charge is -2.28. The van der Waals surface area contributed by atoms with Crippen molar-refractivity contribution in [2.24, 2.45) is 0 Å². The number of hydrogen-bond donors (Lipinski definition) is 1. The fourth-order valence-corrected chi connectivity index (χ4v) is 4.96. The normalized spacial score (nSPS) is 11.1. The molecule has 0 radical (unpaired) electrons. The SMILES string of the molecule is CCCCc1ccc(C(=O)N(CCC)CC(=O)N(CCc2c[nH]c3ccccc23)Cc2ccc(C)cc2)cc1. The van der Waals surface area contributed by atoms with Gasteiger partial charge in [-0.3, -0.25) is 9.59 Å². The van der Waals surface area contributed by atoms with Crippen LogP contribution in [0.3, 0.4) is 0 Å². The van der Waals surface area contributed by atoms with Crippen molar-refractivity contribution < 1.29 is 9.59 Å². The van der Waals surface area contributed by atoms with E-state index in [9.17, 15) is 9.59 Å². The quantitative estimate of drug-likeness (QED) is 0.206. The molecule has 0 saturated carbocycles. The maximum atomic E-state index is 13.8. The largest absolute Gasteiger partial charge is 0.361 e. The molecule has 0 saturated heterocycles. The van der Waals surface area contributed by atoms with Crippen LogP contribution in [0.1, 0.15) is 65.7 Å². The number of carbonyl (C=O) groups excluding carboxylic acids is 2. The standard InChI is InChI=1S/C34H41N3O2/c1-4-6-9-27-16-18-29(19-17-27)34(39)37(21-5-2)25-33(38)36(24-28-14-12-26(3)13-15-28)22-20-30-23-35-32-11-8-7-10-31(30)32/h7-8,10-19,23,35H,4-6,9,20-22,24-25H2,1-3H3. The Hall–Kier alpha value is -3.86. The van der Waals surface area contributed by atoms with Gasteiger partial charge in [0.15, 0.2) is 0 Å². The predicted molar refractivity (Wildman–Crippen MR) is 160 cm³/mol. The Morgan fingerprint density at radius 2 is 1.49 bits per heavy atom. The van der Waals surface area contributed by atoms with E-state index in [1.165, 1.54) is 22.1 Å². The third-order valence-corrected chi connectivity index (χ3v) is 7.30. The van der Waals surface area contributed by atoms with Gasteiger partial charge in [0.2, 0.25) is 5.91 Å². The second-order valence-electron chi connectivity index (χ2n) is 10.4. The number of benzene rings is 3. The van der Waals surface area contributed by atoms with Crippen LogP contribution in [-0.2, 0) is 24.2 Å². The Labute approximate surface area is 232 Å². The number of hydrogen-bond acceptors (Lipinski definition) is 2. The van der Waals surface area contributed by atoms with E-state index in [2.05, 4.69) is 55.2 Å². The first-order valence-electron chi connectivity index (χ1n) is 14.2. The molecule has 5 nitrogen and oxygen atoms in total. The van der Waals surface area contributed by atoms with Gasteiger partial charge in [-0.2, -0.15) is 0 Å². The van der Waals surface area contributed by atoms with Gasteiger partial charge in [0.25, 0.3) is 5.91 Å². The van der Waals surface area contributed by atoms with E-state index in [0.29, 0.717) is 25.2 Å². The summed E-state index contributed by atoms with van der Waals surface area (Å²) in [4.78, 5) is 34.2. The lowest BCUT2D eigenvalue weighted by atomic mass is 10.1. The molecule has 4 aromatic rings. The summed E-state index contributed by atoms with van der Waals surface area (Å²) in [6, 6.07) is 24.5. The molecule has 39 heavy (non-hydrogen) atoms. The molecular formula is C34H41N3O2. The first kappa shape index (κ1) is 28.2. The van der Waals surface area contributed by atoms with E-state index in [-0.39, 0.29) is 18.4 Å². The Morgan fingerprint density at radius 3 is 2.21 bits per heavy atom. The van der Waals surface area contributed by atoms with Gasteiger partial charge in [-0.15, -0.1) is 0 Å². The van der Waals surface area contributed by atoms with Crippen LogP contribution in [0.15, 0.2) is 79.0 Å². The van der Waals surface area contributed by atoms with Gasteiger partial charge >= 0.3 is 0 Å². The number of amides is 2. The maximum Gasteiger partial charge on any atom is 0.254 e. The first-order chi connectivity index (χ1) is 19.0. The molecule has 204 valence electrons. The Kier molecular flexibility index (Phi) is 9.96. The first-order valence-corrected chi connectivity index (χ1v) is 14.2. The van der Waals surface area contributed by atoms with Crippen molar-refractivity contribution in [2.75, 3.05) is 19.6 Å². The zero-order valence-corrected chi connectivity index (χ0v) is 23.6. The lowest BCUT2D eigenvalue weighted by Crippen LogP contribution is -2.43. The number of para-hydroxylation sites is 1. The Balaban J connectivity index is 1.50. The molecule has 1 aromatic heterocycles. The van der Waals surface area contributed by atoms with Crippen molar-refractivity contribution >= 4 is 22.7 Å². The smallest absolute Gasteiger partial charge is 0.254 e. The second-order valence-corrected chi connectivity index (χ2v) is 10.4. The highest BCUT2D eigenvalue weighted by Crippen LogP contribution is 2.19. The number of unbranched alkanes of at least 4 members (excludes halogenated alkanes) is 1. The van der Waals surface area contributed by atoms with Gasteiger partial charge in [-0.05, 0) is 67.5 Å². The van der Waals surface area contributed by atoms with Crippen molar-refractivity contribution in [3.63, 3.8) is 0 Å². The summed E-state index contributed by atoms with van der Waals surface area (Å²) in [6.45, 7) is 8.00. The molecule has 0 aliphatic carbocycles. The van der Waals surface area contributed by atoms with E-state index >= 15 is 0 Å². The molecule has 0 fully saturated rings. The van der Waals surface area contributed by atoms with Crippen molar-refractivity contribution in [3.05, 3.63) is 107 Å². The average Bonchev–Trinajstić information content (AvgIpc) is 3.38. The van der Waals surface area contributed by atoms with Gasteiger partial charge in [-0.1, -0.05) is 80.4 Å². The van der Waals surface area contributed by atoms with E-state index in [4.69, 9.17) is 0 Å². The van der Waals surface area contributed by atoms with Gasteiger partial charge in [-0.25, -0.2) is 0 Å². The monoisotopic (exact) mass is 523 g/mol. The van der Waals surface area contributed by atoms with Crippen LogP contribution in [0.5, 0.6) is 0 Å². The molecule has 0 aliphatic rings. The van der Waals surface area contributed by atoms with Crippen LogP contribution in [-0.4, -0.2) is 46.2 Å². The third kappa shape index (κ3) is 7.60. The molecule has 3 aromatic carbocycles. The number of H-pyrrole nitrogens is 1. The fraction of sp³-hybridized carbons (Fsp3) is 0.353. The summed E-state index contributed by atoms with van der Waals surface area (Å²) in [6.07, 6.45) is 6.87. The van der Waals surface area contributed by atoms with Crippen LogP contribution in [0.25, 0.3) is 10.9 Å². The van der Waals surface area contributed by atoms with Crippen LogP contribution in [0.4, 0.5) is 0 Å².